The van der Waals surface area contributed by atoms with Gasteiger partial charge in [-0.25, -0.2) is 0 Å². The first kappa shape index (κ1) is 8.57. The highest BCUT2D eigenvalue weighted by molar-refractivity contribution is 5.58. The maximum absolute atomic E-state index is 5.58. The molecule has 0 bridgehead atoms. The Kier molecular flexibility index (Phi) is 2.23. The molecule has 2 nitrogen and oxygen atoms in total. The normalized spacial score (nSPS) is 19.7. The van der Waals surface area contributed by atoms with Crippen LogP contribution in [0.2, 0.25) is 0 Å². The number of rotatable bonds is 2. The molecule has 0 fully saturated rings. The van der Waals surface area contributed by atoms with Crippen LogP contribution in [0.25, 0.3) is 0 Å². The first-order valence-electron chi connectivity index (χ1n) is 4.86. The summed E-state index contributed by atoms with van der Waals surface area (Å²) in [6.45, 7) is 3.97. The predicted octanol–water partition coefficient (Wildman–Crippen LogP) is 1.85. The van der Waals surface area contributed by atoms with Gasteiger partial charge in [0.15, 0.2) is 0 Å². The van der Waals surface area contributed by atoms with E-state index in [1.807, 2.05) is 0 Å². The van der Waals surface area contributed by atoms with Crippen LogP contribution in [-0.2, 0) is 0 Å². The van der Waals surface area contributed by atoms with E-state index in [0.29, 0.717) is 5.92 Å². The number of anilines is 1. The van der Waals surface area contributed by atoms with Gasteiger partial charge >= 0.3 is 0 Å². The van der Waals surface area contributed by atoms with Gasteiger partial charge in [-0.2, -0.15) is 0 Å². The van der Waals surface area contributed by atoms with Gasteiger partial charge in [-0.3, -0.25) is 0 Å². The summed E-state index contributed by atoms with van der Waals surface area (Å²) in [7, 11) is 0. The SMILES string of the molecule is Cc1ccc2c(c1)C(CCN)CN2. The molecule has 1 atom stereocenters. The number of fused-ring (bicyclic) bond motifs is 1. The van der Waals surface area contributed by atoms with Crippen LogP contribution in [0.5, 0.6) is 0 Å². The van der Waals surface area contributed by atoms with Crippen molar-refractivity contribution in [3.63, 3.8) is 0 Å². The van der Waals surface area contributed by atoms with Gasteiger partial charge in [-0.05, 0) is 31.5 Å². The van der Waals surface area contributed by atoms with Crippen LogP contribution >= 0.6 is 0 Å². The largest absolute Gasteiger partial charge is 0.384 e. The van der Waals surface area contributed by atoms with E-state index in [1.54, 1.807) is 0 Å². The molecule has 70 valence electrons. The fourth-order valence-electron chi connectivity index (χ4n) is 1.98. The van der Waals surface area contributed by atoms with E-state index in [0.717, 1.165) is 19.5 Å². The molecule has 0 saturated carbocycles. The zero-order valence-electron chi connectivity index (χ0n) is 8.01. The zero-order chi connectivity index (χ0) is 9.26. The average Bonchev–Trinajstić information content (AvgIpc) is 2.49. The molecular weight excluding hydrogens is 160 g/mol. The Morgan fingerprint density at radius 1 is 1.54 bits per heavy atom. The third-order valence-electron chi connectivity index (χ3n) is 2.70. The number of nitrogens with two attached hydrogens (primary N) is 1. The van der Waals surface area contributed by atoms with Gasteiger partial charge in [0.1, 0.15) is 0 Å². The molecule has 2 rings (SSSR count). The van der Waals surface area contributed by atoms with E-state index in [-0.39, 0.29) is 0 Å². The van der Waals surface area contributed by atoms with Gasteiger partial charge in [0, 0.05) is 18.2 Å². The van der Waals surface area contributed by atoms with Crippen molar-refractivity contribution in [2.75, 3.05) is 18.4 Å². The molecule has 0 spiro atoms. The maximum Gasteiger partial charge on any atom is 0.0376 e. The number of nitrogens with one attached hydrogen (secondary N) is 1. The lowest BCUT2D eigenvalue weighted by Gasteiger charge is -2.08. The van der Waals surface area contributed by atoms with Gasteiger partial charge < -0.3 is 11.1 Å². The summed E-state index contributed by atoms with van der Waals surface area (Å²) in [6, 6.07) is 6.59. The average molecular weight is 176 g/mol. The Morgan fingerprint density at radius 3 is 3.15 bits per heavy atom. The smallest absolute Gasteiger partial charge is 0.0376 e. The third kappa shape index (κ3) is 1.54. The monoisotopic (exact) mass is 176 g/mol. The lowest BCUT2D eigenvalue weighted by Crippen LogP contribution is -2.08. The van der Waals surface area contributed by atoms with E-state index in [9.17, 15) is 0 Å². The first-order chi connectivity index (χ1) is 6.31. The second kappa shape index (κ2) is 3.38. The Balaban J connectivity index is 2.29. The summed E-state index contributed by atoms with van der Waals surface area (Å²) in [4.78, 5) is 0. The molecule has 1 aromatic carbocycles. The summed E-state index contributed by atoms with van der Waals surface area (Å²) in [5, 5.41) is 3.41. The van der Waals surface area contributed by atoms with Crippen LogP contribution in [-0.4, -0.2) is 13.1 Å². The number of hydrogen-bond donors (Lipinski definition) is 2. The molecule has 0 saturated heterocycles. The minimum absolute atomic E-state index is 0.625. The lowest BCUT2D eigenvalue weighted by molar-refractivity contribution is 0.685. The van der Waals surface area contributed by atoms with Crippen LogP contribution in [0.15, 0.2) is 18.2 Å². The van der Waals surface area contributed by atoms with Gasteiger partial charge in [0.2, 0.25) is 0 Å². The van der Waals surface area contributed by atoms with Crippen molar-refractivity contribution in [1.82, 2.24) is 0 Å². The van der Waals surface area contributed by atoms with Crippen molar-refractivity contribution in [1.29, 1.82) is 0 Å². The fourth-order valence-corrected chi connectivity index (χ4v) is 1.98. The molecule has 1 aliphatic heterocycles. The molecule has 1 aromatic rings. The molecule has 0 aromatic heterocycles. The van der Waals surface area contributed by atoms with Gasteiger partial charge in [0.25, 0.3) is 0 Å². The molecule has 1 unspecified atom stereocenters. The van der Waals surface area contributed by atoms with E-state index < -0.39 is 0 Å². The van der Waals surface area contributed by atoms with Crippen LogP contribution in [0.4, 0.5) is 5.69 Å². The topological polar surface area (TPSA) is 38.0 Å². The van der Waals surface area contributed by atoms with Crippen LogP contribution in [0, 0.1) is 6.92 Å². The standard InChI is InChI=1S/C11H16N2/c1-8-2-3-11-10(6-8)9(4-5-12)7-13-11/h2-3,6,9,13H,4-5,7,12H2,1H3. The quantitative estimate of drug-likeness (QED) is 0.721. The van der Waals surface area contributed by atoms with Crippen LogP contribution in [0.1, 0.15) is 23.5 Å². The number of aryl methyl sites for hydroxylation is 1. The van der Waals surface area contributed by atoms with Gasteiger partial charge in [-0.1, -0.05) is 17.7 Å². The van der Waals surface area contributed by atoms with Crippen molar-refractivity contribution in [3.8, 4) is 0 Å². The maximum atomic E-state index is 5.58. The second-order valence-electron chi connectivity index (χ2n) is 3.75. The second-order valence-corrected chi connectivity index (χ2v) is 3.75. The highest BCUT2D eigenvalue weighted by Crippen LogP contribution is 2.33. The van der Waals surface area contributed by atoms with E-state index in [1.165, 1.54) is 16.8 Å². The number of benzene rings is 1. The summed E-state index contributed by atoms with van der Waals surface area (Å²) in [6.07, 6.45) is 1.09. The van der Waals surface area contributed by atoms with E-state index in [2.05, 4.69) is 30.4 Å². The molecule has 13 heavy (non-hydrogen) atoms. The zero-order valence-corrected chi connectivity index (χ0v) is 8.01. The molecular formula is C11H16N2. The van der Waals surface area contributed by atoms with E-state index >= 15 is 0 Å². The fraction of sp³-hybridized carbons (Fsp3) is 0.455. The highest BCUT2D eigenvalue weighted by Gasteiger charge is 2.20. The lowest BCUT2D eigenvalue weighted by atomic mass is 9.97. The summed E-state index contributed by atoms with van der Waals surface area (Å²) in [5.74, 6) is 0.625. The van der Waals surface area contributed by atoms with E-state index in [4.69, 9.17) is 5.73 Å². The minimum atomic E-state index is 0.625. The van der Waals surface area contributed by atoms with Crippen LogP contribution < -0.4 is 11.1 Å². The molecule has 2 heteroatoms. The predicted molar refractivity (Wildman–Crippen MR) is 56.1 cm³/mol. The van der Waals surface area contributed by atoms with Gasteiger partial charge in [0.05, 0.1) is 0 Å². The Hall–Kier alpha value is -1.02. The van der Waals surface area contributed by atoms with Crippen LogP contribution in [0.3, 0.4) is 0 Å². The highest BCUT2D eigenvalue weighted by atomic mass is 14.9. The molecule has 0 radical (unpaired) electrons. The molecule has 1 aliphatic rings. The summed E-state index contributed by atoms with van der Waals surface area (Å²) < 4.78 is 0. The molecule has 3 N–H and O–H groups in total. The van der Waals surface area contributed by atoms with Gasteiger partial charge in [-0.15, -0.1) is 0 Å². The number of hydrogen-bond acceptors (Lipinski definition) is 2. The Morgan fingerprint density at radius 2 is 2.38 bits per heavy atom. The molecule has 0 aliphatic carbocycles. The minimum Gasteiger partial charge on any atom is -0.384 e. The third-order valence-corrected chi connectivity index (χ3v) is 2.70. The molecule has 0 amide bonds. The Labute approximate surface area is 79.1 Å². The van der Waals surface area contributed by atoms with Crippen molar-refractivity contribution >= 4 is 5.69 Å². The summed E-state index contributed by atoms with van der Waals surface area (Å²) in [5.41, 5.74) is 9.66. The molecule has 1 heterocycles. The van der Waals surface area contributed by atoms with Crippen molar-refractivity contribution in [2.24, 2.45) is 5.73 Å². The Bertz CT molecular complexity index is 305. The first-order valence-corrected chi connectivity index (χ1v) is 4.86. The van der Waals surface area contributed by atoms with Crippen molar-refractivity contribution in [2.45, 2.75) is 19.3 Å². The van der Waals surface area contributed by atoms with Crippen molar-refractivity contribution < 1.29 is 0 Å². The summed E-state index contributed by atoms with van der Waals surface area (Å²) >= 11 is 0. The van der Waals surface area contributed by atoms with Crippen molar-refractivity contribution in [3.05, 3.63) is 29.3 Å².